The van der Waals surface area contributed by atoms with Crippen molar-refractivity contribution in [3.05, 3.63) is 83.9 Å². The van der Waals surface area contributed by atoms with Crippen LogP contribution in [0.2, 0.25) is 0 Å². The maximum absolute atomic E-state index is 13.3. The molecule has 33 heavy (non-hydrogen) atoms. The van der Waals surface area contributed by atoms with E-state index in [-0.39, 0.29) is 5.82 Å². The fraction of sp³-hybridized carbons (Fsp3) is 0.125. The highest BCUT2D eigenvalue weighted by Crippen LogP contribution is 2.29. The van der Waals surface area contributed by atoms with E-state index in [0.29, 0.717) is 11.5 Å². The monoisotopic (exact) mass is 457 g/mol. The number of ether oxygens (including phenoxy) is 1. The Hall–Kier alpha value is -4.01. The molecule has 0 aliphatic carbocycles. The van der Waals surface area contributed by atoms with Crippen molar-refractivity contribution in [2.75, 3.05) is 5.32 Å². The molecular weight excluding hydrogens is 438 g/mol. The Morgan fingerprint density at radius 1 is 0.909 bits per heavy atom. The van der Waals surface area contributed by atoms with Crippen LogP contribution in [0.5, 0.6) is 11.5 Å². The van der Waals surface area contributed by atoms with Crippen molar-refractivity contribution in [2.24, 2.45) is 0 Å². The molecule has 1 heterocycles. The first kappa shape index (κ1) is 23.6. The lowest BCUT2D eigenvalue weighted by Gasteiger charge is -2.12. The summed E-state index contributed by atoms with van der Waals surface area (Å²) in [7, 11) is 0. The number of nitrogens with zero attached hydrogens (tertiary/aromatic N) is 2. The Labute approximate surface area is 187 Å². The van der Waals surface area contributed by atoms with Gasteiger partial charge in [0.2, 0.25) is 6.29 Å². The number of alkyl halides is 3. The maximum atomic E-state index is 13.3. The highest BCUT2D eigenvalue weighted by molar-refractivity contribution is 5.91. The molecule has 0 amide bonds. The number of fused-ring (bicyclic) bond motifs is 1. The first-order valence-corrected chi connectivity index (χ1v) is 9.70. The summed E-state index contributed by atoms with van der Waals surface area (Å²) in [5.41, 5.74) is 4.09. The van der Waals surface area contributed by atoms with Crippen molar-refractivity contribution in [1.29, 1.82) is 0 Å². The van der Waals surface area contributed by atoms with Gasteiger partial charge in [-0.25, -0.2) is 14.4 Å². The minimum atomic E-state index is -4.64. The molecule has 0 spiro atoms. The van der Waals surface area contributed by atoms with E-state index in [1.54, 1.807) is 18.5 Å². The van der Waals surface area contributed by atoms with Gasteiger partial charge in [-0.2, -0.15) is 13.2 Å². The first-order chi connectivity index (χ1) is 15.6. The summed E-state index contributed by atoms with van der Waals surface area (Å²) in [6, 6.07) is 17.7. The smallest absolute Gasteiger partial charge is 0.446 e. The number of rotatable bonds is 4. The predicted octanol–water partition coefficient (Wildman–Crippen LogP) is 6.67. The van der Waals surface area contributed by atoms with Gasteiger partial charge in [0.25, 0.3) is 0 Å². The predicted molar refractivity (Wildman–Crippen MR) is 117 cm³/mol. The molecule has 1 N–H and O–H groups in total. The van der Waals surface area contributed by atoms with Gasteiger partial charge in [0.15, 0.2) is 0 Å². The summed E-state index contributed by atoms with van der Waals surface area (Å²) in [6.07, 6.45) is -4.15. The molecule has 5 nitrogen and oxygen atoms in total. The molecule has 0 unspecified atom stereocenters. The summed E-state index contributed by atoms with van der Waals surface area (Å²) >= 11 is 0. The van der Waals surface area contributed by atoms with Crippen LogP contribution < -0.4 is 10.1 Å². The van der Waals surface area contributed by atoms with Crippen LogP contribution in [0.25, 0.3) is 10.9 Å². The van der Waals surface area contributed by atoms with Gasteiger partial charge in [-0.1, -0.05) is 12.1 Å². The molecule has 0 aliphatic rings. The highest BCUT2D eigenvalue weighted by atomic mass is 19.4. The molecule has 1 aromatic heterocycles. The standard InChI is InChI=1S/C22H18FN3O.C2HF3O/c1-14-9-20-21(10-15(14)2)24-13-25-22(20)26-17-6-4-8-19(12-17)27-18-7-3-5-16(23)11-18;3-2(4,5)1-6/h3-13H,1-2H3,(H,24,25,26);1H. The summed E-state index contributed by atoms with van der Waals surface area (Å²) < 4.78 is 50.3. The Bertz CT molecular complexity index is 1280. The number of aldehydes is 1. The largest absolute Gasteiger partial charge is 0.457 e. The van der Waals surface area contributed by atoms with Gasteiger partial charge in [0.05, 0.1) is 5.52 Å². The van der Waals surface area contributed by atoms with E-state index in [1.165, 1.54) is 23.3 Å². The lowest BCUT2D eigenvalue weighted by Crippen LogP contribution is -2.07. The third kappa shape index (κ3) is 6.73. The zero-order valence-electron chi connectivity index (χ0n) is 17.7. The van der Waals surface area contributed by atoms with Crippen molar-refractivity contribution in [2.45, 2.75) is 20.0 Å². The van der Waals surface area contributed by atoms with E-state index in [9.17, 15) is 17.6 Å². The number of carbonyl (C=O) groups excluding carboxylic acids is 1. The number of hydrogen-bond donors (Lipinski definition) is 1. The molecular formula is C24H19F4N3O2. The zero-order valence-corrected chi connectivity index (χ0v) is 17.7. The molecule has 0 saturated heterocycles. The molecule has 0 saturated carbocycles. The Balaban J connectivity index is 0.000000454. The van der Waals surface area contributed by atoms with Crippen LogP contribution in [0.1, 0.15) is 11.1 Å². The van der Waals surface area contributed by atoms with Gasteiger partial charge in [0, 0.05) is 23.2 Å². The van der Waals surface area contributed by atoms with E-state index in [2.05, 4.69) is 41.3 Å². The normalized spacial score (nSPS) is 10.8. The van der Waals surface area contributed by atoms with Crippen molar-refractivity contribution in [3.63, 3.8) is 0 Å². The number of anilines is 2. The summed E-state index contributed by atoms with van der Waals surface area (Å²) in [5, 5.41) is 4.28. The number of benzene rings is 3. The van der Waals surface area contributed by atoms with E-state index in [1.807, 2.05) is 24.3 Å². The Morgan fingerprint density at radius 2 is 1.55 bits per heavy atom. The second kappa shape index (κ2) is 10.1. The number of hydrogen-bond acceptors (Lipinski definition) is 5. The third-order valence-electron chi connectivity index (χ3n) is 4.51. The highest BCUT2D eigenvalue weighted by Gasteiger charge is 2.24. The molecule has 9 heteroatoms. The number of halogens is 4. The maximum Gasteiger partial charge on any atom is 0.446 e. The van der Waals surface area contributed by atoms with Crippen LogP contribution in [0.3, 0.4) is 0 Å². The van der Waals surface area contributed by atoms with Crippen molar-refractivity contribution in [3.8, 4) is 11.5 Å². The lowest BCUT2D eigenvalue weighted by molar-refractivity contribution is -0.156. The number of nitrogens with one attached hydrogen (secondary N) is 1. The summed E-state index contributed by atoms with van der Waals surface area (Å²) in [5.74, 6) is 1.45. The van der Waals surface area contributed by atoms with Gasteiger partial charge in [-0.05, 0) is 61.4 Å². The van der Waals surface area contributed by atoms with Crippen LogP contribution in [0.15, 0.2) is 67.0 Å². The number of aryl methyl sites for hydroxylation is 2. The number of carbonyl (C=O) groups is 1. The van der Waals surface area contributed by atoms with Crippen molar-refractivity contribution in [1.82, 2.24) is 9.97 Å². The Kier molecular flexibility index (Phi) is 7.22. The molecule has 170 valence electrons. The van der Waals surface area contributed by atoms with E-state index in [4.69, 9.17) is 9.53 Å². The average molecular weight is 457 g/mol. The topological polar surface area (TPSA) is 64.1 Å². The van der Waals surface area contributed by atoms with E-state index in [0.717, 1.165) is 22.4 Å². The summed E-state index contributed by atoms with van der Waals surface area (Å²) in [4.78, 5) is 17.4. The van der Waals surface area contributed by atoms with Gasteiger partial charge in [-0.3, -0.25) is 4.79 Å². The van der Waals surface area contributed by atoms with E-state index < -0.39 is 12.5 Å². The van der Waals surface area contributed by atoms with Crippen molar-refractivity contribution < 1.29 is 27.1 Å². The van der Waals surface area contributed by atoms with Gasteiger partial charge < -0.3 is 10.1 Å². The van der Waals surface area contributed by atoms with Gasteiger partial charge in [0.1, 0.15) is 29.5 Å². The molecule has 4 rings (SSSR count). The Morgan fingerprint density at radius 3 is 2.21 bits per heavy atom. The van der Waals surface area contributed by atoms with Gasteiger partial charge in [-0.15, -0.1) is 0 Å². The molecule has 0 aliphatic heterocycles. The number of aromatic nitrogens is 2. The van der Waals surface area contributed by atoms with Crippen LogP contribution >= 0.6 is 0 Å². The quantitative estimate of drug-likeness (QED) is 0.274. The minimum absolute atomic E-state index is 0.333. The SMILES string of the molecule is Cc1cc2ncnc(Nc3cccc(Oc4cccc(F)c4)c3)c2cc1C.O=CC(F)(F)F. The van der Waals surface area contributed by atoms with Gasteiger partial charge >= 0.3 is 6.18 Å². The fourth-order valence-electron chi connectivity index (χ4n) is 2.86. The molecule has 0 bridgehead atoms. The van der Waals surface area contributed by atoms with E-state index >= 15 is 0 Å². The van der Waals surface area contributed by atoms with Crippen LogP contribution in [0, 0.1) is 19.7 Å². The third-order valence-corrected chi connectivity index (χ3v) is 4.51. The van der Waals surface area contributed by atoms with Crippen LogP contribution in [0.4, 0.5) is 29.1 Å². The van der Waals surface area contributed by atoms with Crippen LogP contribution in [-0.2, 0) is 4.79 Å². The second-order valence-electron chi connectivity index (χ2n) is 7.05. The molecule has 0 fully saturated rings. The van der Waals surface area contributed by atoms with Crippen LogP contribution in [-0.4, -0.2) is 22.4 Å². The zero-order chi connectivity index (χ0) is 24.0. The first-order valence-electron chi connectivity index (χ1n) is 9.70. The van der Waals surface area contributed by atoms with Crippen molar-refractivity contribution >= 4 is 28.7 Å². The average Bonchev–Trinajstić information content (AvgIpc) is 2.75. The lowest BCUT2D eigenvalue weighted by atomic mass is 10.1. The minimum Gasteiger partial charge on any atom is -0.457 e. The molecule has 4 aromatic rings. The fourth-order valence-corrected chi connectivity index (χ4v) is 2.86. The summed E-state index contributed by atoms with van der Waals surface area (Å²) in [6.45, 7) is 4.14. The second-order valence-corrected chi connectivity index (χ2v) is 7.05. The molecule has 0 atom stereocenters. The molecule has 0 radical (unpaired) electrons. The molecule has 3 aromatic carbocycles.